The van der Waals surface area contributed by atoms with Gasteiger partial charge in [-0.2, -0.15) is 0 Å². The van der Waals surface area contributed by atoms with Crippen LogP contribution in [0, 0.1) is 6.92 Å². The predicted molar refractivity (Wildman–Crippen MR) is 108 cm³/mol. The molecule has 0 radical (unpaired) electrons. The molecule has 4 rings (SSSR count). The van der Waals surface area contributed by atoms with Gasteiger partial charge in [-0.15, -0.1) is 10.2 Å². The van der Waals surface area contributed by atoms with Crippen molar-refractivity contribution in [3.05, 3.63) is 64.6 Å². The van der Waals surface area contributed by atoms with Crippen LogP contribution in [0.2, 0.25) is 0 Å². The van der Waals surface area contributed by atoms with Gasteiger partial charge in [-0.05, 0) is 25.5 Å². The molecule has 7 nitrogen and oxygen atoms in total. The Kier molecular flexibility index (Phi) is 4.72. The van der Waals surface area contributed by atoms with Crippen molar-refractivity contribution in [2.45, 2.75) is 25.0 Å². The summed E-state index contributed by atoms with van der Waals surface area (Å²) in [5, 5.41) is 9.06. The number of aromatic nitrogens is 5. The number of hydrogen-bond acceptors (Lipinski definition) is 5. The Morgan fingerprint density at radius 2 is 1.89 bits per heavy atom. The summed E-state index contributed by atoms with van der Waals surface area (Å²) in [6, 6.07) is 15.7. The van der Waals surface area contributed by atoms with Gasteiger partial charge < -0.3 is 10.8 Å². The van der Waals surface area contributed by atoms with Crippen molar-refractivity contribution in [2.75, 3.05) is 11.6 Å². The highest BCUT2D eigenvalue weighted by Crippen LogP contribution is 2.22. The maximum Gasteiger partial charge on any atom is 0.326 e. The molecule has 8 heteroatoms. The molecule has 0 saturated carbocycles. The molecule has 2 heterocycles. The van der Waals surface area contributed by atoms with E-state index in [0.717, 1.165) is 28.8 Å². The third-order valence-electron chi connectivity index (χ3n) is 4.41. The van der Waals surface area contributed by atoms with E-state index in [9.17, 15) is 4.79 Å². The fourth-order valence-electron chi connectivity index (χ4n) is 2.99. The molecule has 2 aromatic carbocycles. The number of benzene rings is 2. The fraction of sp³-hybridized carbons (Fsp3) is 0.211. The molecule has 0 fully saturated rings. The van der Waals surface area contributed by atoms with Crippen LogP contribution in [0.3, 0.4) is 0 Å². The number of rotatable bonds is 6. The Balaban J connectivity index is 1.40. The van der Waals surface area contributed by atoms with E-state index in [-0.39, 0.29) is 5.69 Å². The van der Waals surface area contributed by atoms with E-state index >= 15 is 0 Å². The van der Waals surface area contributed by atoms with Gasteiger partial charge in [0.25, 0.3) is 0 Å². The van der Waals surface area contributed by atoms with Gasteiger partial charge >= 0.3 is 5.69 Å². The molecule has 0 spiro atoms. The predicted octanol–water partition coefficient (Wildman–Crippen LogP) is 2.79. The Morgan fingerprint density at radius 3 is 2.70 bits per heavy atom. The zero-order valence-corrected chi connectivity index (χ0v) is 15.7. The second-order valence-electron chi connectivity index (χ2n) is 6.34. The summed E-state index contributed by atoms with van der Waals surface area (Å²) in [6.07, 6.45) is 0.819. The van der Waals surface area contributed by atoms with E-state index in [2.05, 4.69) is 15.2 Å². The number of H-pyrrole nitrogens is 1. The van der Waals surface area contributed by atoms with Crippen LogP contribution in [0.5, 0.6) is 0 Å². The normalized spacial score (nSPS) is 11.3. The van der Waals surface area contributed by atoms with E-state index in [1.54, 1.807) is 4.57 Å². The lowest BCUT2D eigenvalue weighted by Crippen LogP contribution is -2.17. The quantitative estimate of drug-likeness (QED) is 0.305. The van der Waals surface area contributed by atoms with Gasteiger partial charge in [0, 0.05) is 17.9 Å². The van der Waals surface area contributed by atoms with Gasteiger partial charge in [-0.1, -0.05) is 53.7 Å². The van der Waals surface area contributed by atoms with Crippen LogP contribution >= 0.6 is 11.8 Å². The van der Waals surface area contributed by atoms with Crippen LogP contribution in [-0.4, -0.2) is 30.2 Å². The molecule has 0 unspecified atom stereocenters. The summed E-state index contributed by atoms with van der Waals surface area (Å²) in [6.45, 7) is 2.68. The van der Waals surface area contributed by atoms with Crippen molar-refractivity contribution in [2.24, 2.45) is 0 Å². The van der Waals surface area contributed by atoms with Crippen molar-refractivity contribution >= 4 is 22.8 Å². The van der Waals surface area contributed by atoms with Crippen LogP contribution < -0.4 is 11.5 Å². The summed E-state index contributed by atoms with van der Waals surface area (Å²) < 4.78 is 3.29. The molecule has 138 valence electrons. The highest BCUT2D eigenvalue weighted by Gasteiger charge is 2.12. The summed E-state index contributed by atoms with van der Waals surface area (Å²) in [5.74, 6) is 7.59. The highest BCUT2D eigenvalue weighted by atomic mass is 32.2. The molecule has 0 aliphatic carbocycles. The molecule has 0 atom stereocenters. The first-order valence-electron chi connectivity index (χ1n) is 8.71. The second kappa shape index (κ2) is 7.32. The third-order valence-corrected chi connectivity index (χ3v) is 5.44. The van der Waals surface area contributed by atoms with Gasteiger partial charge in [0.1, 0.15) is 0 Å². The number of nitrogens with zero attached hydrogens (tertiary/aromatic N) is 4. The number of para-hydroxylation sites is 2. The molecule has 0 amide bonds. The van der Waals surface area contributed by atoms with Gasteiger partial charge in [0.05, 0.1) is 11.0 Å². The molecular formula is C19H20N6OS. The minimum Gasteiger partial charge on any atom is -0.335 e. The summed E-state index contributed by atoms with van der Waals surface area (Å²) in [7, 11) is 0. The SMILES string of the molecule is Cc1ccc(-c2nnc(SCCCn3c(=O)[nH]c4ccccc43)n2N)cc1. The van der Waals surface area contributed by atoms with Crippen molar-refractivity contribution in [3.63, 3.8) is 0 Å². The molecule has 4 aromatic rings. The van der Waals surface area contributed by atoms with E-state index in [1.165, 1.54) is 22.0 Å². The largest absolute Gasteiger partial charge is 0.335 e. The number of fused-ring (bicyclic) bond motifs is 1. The number of nitrogen functional groups attached to an aromatic ring is 1. The van der Waals surface area contributed by atoms with Crippen molar-refractivity contribution < 1.29 is 0 Å². The van der Waals surface area contributed by atoms with E-state index in [4.69, 9.17) is 5.84 Å². The monoisotopic (exact) mass is 380 g/mol. The fourth-order valence-corrected chi connectivity index (χ4v) is 3.77. The lowest BCUT2D eigenvalue weighted by molar-refractivity contribution is 0.678. The van der Waals surface area contributed by atoms with Crippen molar-refractivity contribution in [3.8, 4) is 11.4 Å². The maximum absolute atomic E-state index is 12.1. The van der Waals surface area contributed by atoms with Crippen molar-refractivity contribution in [1.29, 1.82) is 0 Å². The molecule has 2 aromatic heterocycles. The van der Waals surface area contributed by atoms with Crippen LogP contribution in [0.1, 0.15) is 12.0 Å². The van der Waals surface area contributed by atoms with E-state index in [0.29, 0.717) is 17.5 Å². The van der Waals surface area contributed by atoms with Gasteiger partial charge in [-0.3, -0.25) is 4.57 Å². The lowest BCUT2D eigenvalue weighted by Gasteiger charge is -2.05. The Morgan fingerprint density at radius 1 is 1.11 bits per heavy atom. The van der Waals surface area contributed by atoms with Gasteiger partial charge in [0.2, 0.25) is 5.16 Å². The van der Waals surface area contributed by atoms with Crippen LogP contribution in [0.15, 0.2) is 58.5 Å². The molecule has 3 N–H and O–H groups in total. The van der Waals surface area contributed by atoms with Gasteiger partial charge in [0.15, 0.2) is 5.82 Å². The number of aromatic amines is 1. The van der Waals surface area contributed by atoms with Crippen molar-refractivity contribution in [1.82, 2.24) is 24.4 Å². The average Bonchev–Trinajstić information content (AvgIpc) is 3.19. The number of hydrogen-bond donors (Lipinski definition) is 2. The van der Waals surface area contributed by atoms with Gasteiger partial charge in [-0.25, -0.2) is 9.47 Å². The van der Waals surface area contributed by atoms with Crippen LogP contribution in [0.4, 0.5) is 0 Å². The molecule has 0 aliphatic rings. The van der Waals surface area contributed by atoms with E-state index in [1.807, 2.05) is 55.5 Å². The summed E-state index contributed by atoms with van der Waals surface area (Å²) in [4.78, 5) is 15.0. The zero-order valence-electron chi connectivity index (χ0n) is 14.9. The summed E-state index contributed by atoms with van der Waals surface area (Å²) >= 11 is 1.54. The third kappa shape index (κ3) is 3.48. The van der Waals surface area contributed by atoms with E-state index < -0.39 is 0 Å². The van der Waals surface area contributed by atoms with Crippen LogP contribution in [0.25, 0.3) is 22.4 Å². The molecule has 0 aliphatic heterocycles. The minimum atomic E-state index is -0.0788. The Hall–Kier alpha value is -3.00. The standard InChI is InChI=1S/C19H20N6OS/c1-13-7-9-14(10-8-13)17-22-23-19(25(17)20)27-12-4-11-24-16-6-3-2-5-15(16)21-18(24)26/h2-3,5-10H,4,11-12,20H2,1H3,(H,21,26). The van der Waals surface area contributed by atoms with Crippen LogP contribution in [-0.2, 0) is 6.54 Å². The molecule has 27 heavy (non-hydrogen) atoms. The number of imidazole rings is 1. The maximum atomic E-state index is 12.1. The topological polar surface area (TPSA) is 94.5 Å². The average molecular weight is 380 g/mol. The number of thioether (sulfide) groups is 1. The first-order valence-corrected chi connectivity index (χ1v) is 9.70. The number of aryl methyl sites for hydroxylation is 2. The summed E-state index contributed by atoms with van der Waals surface area (Å²) in [5.41, 5.74) is 3.83. The molecule has 0 saturated heterocycles. The zero-order chi connectivity index (χ0) is 18.8. The molecule has 0 bridgehead atoms. The Bertz CT molecular complexity index is 1130. The number of nitrogens with two attached hydrogens (primary N) is 1. The first-order chi connectivity index (χ1) is 13.1. The molecular weight excluding hydrogens is 360 g/mol. The number of nitrogens with one attached hydrogen (secondary N) is 1. The smallest absolute Gasteiger partial charge is 0.326 e. The minimum absolute atomic E-state index is 0.0788. The lowest BCUT2D eigenvalue weighted by atomic mass is 10.1. The second-order valence-corrected chi connectivity index (χ2v) is 7.41. The Labute approximate surface area is 160 Å². The first kappa shape index (κ1) is 17.4. The highest BCUT2D eigenvalue weighted by molar-refractivity contribution is 7.99.